The van der Waals surface area contributed by atoms with Crippen molar-refractivity contribution >= 4 is 21.6 Å². The van der Waals surface area contributed by atoms with Gasteiger partial charge in [0, 0.05) is 5.56 Å². The van der Waals surface area contributed by atoms with Crippen molar-refractivity contribution in [1.29, 1.82) is 0 Å². The molecule has 4 nitrogen and oxygen atoms in total. The lowest BCUT2D eigenvalue weighted by atomic mass is 10.2. The molecule has 0 saturated carbocycles. The van der Waals surface area contributed by atoms with Gasteiger partial charge in [-0.15, -0.1) is 11.3 Å². The van der Waals surface area contributed by atoms with Crippen molar-refractivity contribution in [2.24, 2.45) is 0 Å². The van der Waals surface area contributed by atoms with E-state index in [-0.39, 0.29) is 5.75 Å². The summed E-state index contributed by atoms with van der Waals surface area (Å²) in [6.07, 6.45) is 0. The van der Waals surface area contributed by atoms with Gasteiger partial charge >= 0.3 is 0 Å². The van der Waals surface area contributed by atoms with Crippen LogP contribution in [0.5, 0.6) is 17.2 Å². The van der Waals surface area contributed by atoms with Crippen LogP contribution in [0.2, 0.25) is 0 Å². The molecule has 1 N–H and O–H groups in total. The molecule has 102 valence electrons. The Morgan fingerprint density at radius 3 is 2.60 bits per heavy atom. The number of rotatable bonds is 3. The molecule has 0 bridgehead atoms. The van der Waals surface area contributed by atoms with Crippen LogP contribution >= 0.6 is 11.3 Å². The first-order valence-electron chi connectivity index (χ1n) is 6.03. The van der Waals surface area contributed by atoms with E-state index in [4.69, 9.17) is 9.47 Å². The minimum absolute atomic E-state index is 0.113. The van der Waals surface area contributed by atoms with Crippen LogP contribution in [0.3, 0.4) is 0 Å². The maximum Gasteiger partial charge on any atom is 0.160 e. The lowest BCUT2D eigenvalue weighted by Gasteiger charge is -2.03. The van der Waals surface area contributed by atoms with Gasteiger partial charge in [-0.25, -0.2) is 4.98 Å². The number of hydrogen-bond donors (Lipinski definition) is 1. The van der Waals surface area contributed by atoms with Crippen LogP contribution in [-0.4, -0.2) is 24.3 Å². The van der Waals surface area contributed by atoms with E-state index in [0.717, 1.165) is 26.5 Å². The van der Waals surface area contributed by atoms with E-state index < -0.39 is 0 Å². The largest absolute Gasteiger partial charge is 0.504 e. The molecular weight excluding hydrogens is 274 g/mol. The number of benzene rings is 2. The number of fused-ring (bicyclic) bond motifs is 1. The van der Waals surface area contributed by atoms with E-state index in [2.05, 4.69) is 4.98 Å². The van der Waals surface area contributed by atoms with Gasteiger partial charge in [-0.3, -0.25) is 0 Å². The number of methoxy groups -OCH3 is 2. The highest BCUT2D eigenvalue weighted by atomic mass is 32.1. The van der Waals surface area contributed by atoms with Gasteiger partial charge in [-0.1, -0.05) is 0 Å². The molecule has 0 fully saturated rings. The molecule has 0 saturated heterocycles. The summed E-state index contributed by atoms with van der Waals surface area (Å²) >= 11 is 1.56. The quantitative estimate of drug-likeness (QED) is 0.798. The molecule has 0 atom stereocenters. The zero-order chi connectivity index (χ0) is 14.1. The summed E-state index contributed by atoms with van der Waals surface area (Å²) in [4.78, 5) is 4.57. The number of thiazole rings is 1. The number of aromatic hydroxyl groups is 1. The average Bonchev–Trinajstić information content (AvgIpc) is 2.89. The van der Waals surface area contributed by atoms with E-state index in [1.54, 1.807) is 30.6 Å². The van der Waals surface area contributed by atoms with E-state index in [0.29, 0.717) is 5.75 Å². The fourth-order valence-corrected chi connectivity index (χ4v) is 2.97. The first-order chi connectivity index (χ1) is 9.71. The van der Waals surface area contributed by atoms with E-state index in [9.17, 15) is 5.11 Å². The molecular formula is C15H13NO3S. The van der Waals surface area contributed by atoms with Gasteiger partial charge in [0.15, 0.2) is 11.5 Å². The lowest BCUT2D eigenvalue weighted by Crippen LogP contribution is -1.84. The Kier molecular flexibility index (Phi) is 3.20. The standard InChI is InChI=1S/C15H13NO3S/c1-18-10-4-5-11-14(8-10)20-15(16-11)9-3-6-13(19-2)12(17)7-9/h3-8,17H,1-2H3. The maximum atomic E-state index is 9.84. The predicted molar refractivity (Wildman–Crippen MR) is 79.8 cm³/mol. The van der Waals surface area contributed by atoms with Gasteiger partial charge in [0.1, 0.15) is 10.8 Å². The van der Waals surface area contributed by atoms with E-state index >= 15 is 0 Å². The van der Waals surface area contributed by atoms with Gasteiger partial charge in [0.25, 0.3) is 0 Å². The smallest absolute Gasteiger partial charge is 0.160 e. The normalized spacial score (nSPS) is 10.7. The molecule has 1 aromatic heterocycles. The van der Waals surface area contributed by atoms with Gasteiger partial charge in [-0.2, -0.15) is 0 Å². The van der Waals surface area contributed by atoms with Crippen molar-refractivity contribution in [3.63, 3.8) is 0 Å². The van der Waals surface area contributed by atoms with Gasteiger partial charge in [0.2, 0.25) is 0 Å². The van der Waals surface area contributed by atoms with Crippen molar-refractivity contribution in [1.82, 2.24) is 4.98 Å². The number of nitrogens with zero attached hydrogens (tertiary/aromatic N) is 1. The fraction of sp³-hybridized carbons (Fsp3) is 0.133. The second-order valence-electron chi connectivity index (χ2n) is 4.24. The number of hydrogen-bond acceptors (Lipinski definition) is 5. The Bertz CT molecular complexity index is 767. The number of ether oxygens (including phenoxy) is 2. The number of aromatic nitrogens is 1. The molecule has 1 heterocycles. The summed E-state index contributed by atoms with van der Waals surface area (Å²) in [5.41, 5.74) is 1.78. The van der Waals surface area contributed by atoms with E-state index in [1.807, 2.05) is 24.3 Å². The van der Waals surface area contributed by atoms with Crippen LogP contribution in [0.15, 0.2) is 36.4 Å². The number of phenolic OH excluding ortho intramolecular Hbond substituents is 1. The van der Waals surface area contributed by atoms with Crippen molar-refractivity contribution in [2.75, 3.05) is 14.2 Å². The molecule has 2 aromatic carbocycles. The Hall–Kier alpha value is -2.27. The summed E-state index contributed by atoms with van der Waals surface area (Å²) in [7, 11) is 3.17. The summed E-state index contributed by atoms with van der Waals surface area (Å²) in [5.74, 6) is 1.38. The molecule has 0 radical (unpaired) electrons. The molecule has 0 aliphatic rings. The molecule has 0 amide bonds. The van der Waals surface area contributed by atoms with Crippen molar-refractivity contribution < 1.29 is 14.6 Å². The summed E-state index contributed by atoms with van der Waals surface area (Å²) in [6, 6.07) is 11.0. The first kappa shape index (κ1) is 12.7. The Morgan fingerprint density at radius 2 is 1.90 bits per heavy atom. The second-order valence-corrected chi connectivity index (χ2v) is 5.27. The fourth-order valence-electron chi connectivity index (χ4n) is 1.98. The number of phenols is 1. The molecule has 0 aliphatic heterocycles. The molecule has 3 aromatic rings. The lowest BCUT2D eigenvalue weighted by molar-refractivity contribution is 0.373. The van der Waals surface area contributed by atoms with E-state index in [1.165, 1.54) is 7.11 Å². The predicted octanol–water partition coefficient (Wildman–Crippen LogP) is 3.69. The Morgan fingerprint density at radius 1 is 1.05 bits per heavy atom. The third kappa shape index (κ3) is 2.16. The molecule has 0 spiro atoms. The maximum absolute atomic E-state index is 9.84. The minimum atomic E-state index is 0.113. The molecule has 0 aliphatic carbocycles. The van der Waals surface area contributed by atoms with Crippen LogP contribution in [0.1, 0.15) is 0 Å². The van der Waals surface area contributed by atoms with Crippen molar-refractivity contribution in [3.05, 3.63) is 36.4 Å². The third-order valence-electron chi connectivity index (χ3n) is 3.02. The van der Waals surface area contributed by atoms with Crippen molar-refractivity contribution in [3.8, 4) is 27.8 Å². The average molecular weight is 287 g/mol. The highest BCUT2D eigenvalue weighted by molar-refractivity contribution is 7.21. The zero-order valence-electron chi connectivity index (χ0n) is 11.1. The SMILES string of the molecule is COc1ccc2nc(-c3ccc(OC)c(O)c3)sc2c1. The van der Waals surface area contributed by atoms with Crippen molar-refractivity contribution in [2.45, 2.75) is 0 Å². The van der Waals surface area contributed by atoms with Crippen LogP contribution in [0.25, 0.3) is 20.8 Å². The van der Waals surface area contributed by atoms with Crippen LogP contribution in [0, 0.1) is 0 Å². The summed E-state index contributed by atoms with van der Waals surface area (Å²) < 4.78 is 11.3. The third-order valence-corrected chi connectivity index (χ3v) is 4.09. The second kappa shape index (κ2) is 5.02. The Labute approximate surface area is 120 Å². The topological polar surface area (TPSA) is 51.6 Å². The van der Waals surface area contributed by atoms with Crippen LogP contribution < -0.4 is 9.47 Å². The molecule has 5 heteroatoms. The Balaban J connectivity index is 2.07. The molecule has 3 rings (SSSR count). The van der Waals surface area contributed by atoms with Gasteiger partial charge < -0.3 is 14.6 Å². The summed E-state index contributed by atoms with van der Waals surface area (Å²) in [5, 5.41) is 10.7. The first-order valence-corrected chi connectivity index (χ1v) is 6.85. The van der Waals surface area contributed by atoms with Gasteiger partial charge in [-0.05, 0) is 36.4 Å². The zero-order valence-corrected chi connectivity index (χ0v) is 11.9. The van der Waals surface area contributed by atoms with Crippen LogP contribution in [-0.2, 0) is 0 Å². The highest BCUT2D eigenvalue weighted by Gasteiger charge is 2.10. The van der Waals surface area contributed by atoms with Gasteiger partial charge in [0.05, 0.1) is 24.4 Å². The highest BCUT2D eigenvalue weighted by Crippen LogP contribution is 2.36. The molecule has 0 unspecified atom stereocenters. The van der Waals surface area contributed by atoms with Crippen LogP contribution in [0.4, 0.5) is 0 Å². The monoisotopic (exact) mass is 287 g/mol. The summed E-state index contributed by atoms with van der Waals surface area (Å²) in [6.45, 7) is 0. The minimum Gasteiger partial charge on any atom is -0.504 e. The molecule has 20 heavy (non-hydrogen) atoms.